The molecule has 1 atom stereocenters. The van der Waals surface area contributed by atoms with Crippen LogP contribution in [0.5, 0.6) is 0 Å². The highest BCUT2D eigenvalue weighted by Gasteiger charge is 2.29. The van der Waals surface area contributed by atoms with E-state index in [1.54, 1.807) is 0 Å². The van der Waals surface area contributed by atoms with E-state index in [1.807, 2.05) is 37.3 Å². The fourth-order valence-electron chi connectivity index (χ4n) is 3.41. The summed E-state index contributed by atoms with van der Waals surface area (Å²) < 4.78 is 0. The van der Waals surface area contributed by atoms with Crippen molar-refractivity contribution in [2.75, 3.05) is 19.6 Å². The molecule has 1 aliphatic rings. The van der Waals surface area contributed by atoms with Gasteiger partial charge in [-0.1, -0.05) is 32.4 Å². The average molecular weight is 362 g/mol. The number of nitrogens with zero attached hydrogens (tertiary/aromatic N) is 1. The summed E-state index contributed by atoms with van der Waals surface area (Å²) in [6.45, 7) is 12.0. The zero-order chi connectivity index (χ0) is 18.6. The molecule has 0 radical (unpaired) electrons. The minimum atomic E-state index is 0.353. The molecule has 1 unspecified atom stereocenters. The van der Waals surface area contributed by atoms with Gasteiger partial charge in [-0.2, -0.15) is 0 Å². The molecule has 25 heavy (non-hydrogen) atoms. The van der Waals surface area contributed by atoms with Crippen LogP contribution in [0.2, 0.25) is 5.02 Å². The Kier molecular flexibility index (Phi) is 6.59. The van der Waals surface area contributed by atoms with Gasteiger partial charge >= 0.3 is 0 Å². The summed E-state index contributed by atoms with van der Waals surface area (Å²) in [6, 6.07) is 5.83. The molecule has 1 aliphatic heterocycles. The van der Waals surface area contributed by atoms with Gasteiger partial charge in [0.05, 0.1) is 0 Å². The Bertz CT molecular complexity index is 635. The van der Waals surface area contributed by atoms with Gasteiger partial charge in [0.15, 0.2) is 0 Å². The van der Waals surface area contributed by atoms with Gasteiger partial charge in [0.1, 0.15) is 0 Å². The van der Waals surface area contributed by atoms with E-state index < -0.39 is 0 Å². The second-order valence-corrected chi connectivity index (χ2v) is 8.76. The summed E-state index contributed by atoms with van der Waals surface area (Å²) in [5.74, 6) is 0.726. The van der Waals surface area contributed by atoms with Crippen molar-refractivity contribution < 1.29 is 0 Å². The highest BCUT2D eigenvalue weighted by atomic mass is 35.5. The summed E-state index contributed by atoms with van der Waals surface area (Å²) >= 11 is 6.11. The molecule has 0 spiro atoms. The van der Waals surface area contributed by atoms with E-state index in [-0.39, 0.29) is 0 Å². The van der Waals surface area contributed by atoms with Gasteiger partial charge < -0.3 is 11.5 Å². The van der Waals surface area contributed by atoms with Crippen LogP contribution in [0, 0.1) is 18.3 Å². The van der Waals surface area contributed by atoms with Gasteiger partial charge in [-0.25, -0.2) is 0 Å². The van der Waals surface area contributed by atoms with Crippen LogP contribution in [-0.2, 0) is 0 Å². The van der Waals surface area contributed by atoms with Crippen LogP contribution in [0.3, 0.4) is 0 Å². The average Bonchev–Trinajstić information content (AvgIpc) is 2.51. The molecule has 0 aliphatic carbocycles. The van der Waals surface area contributed by atoms with E-state index >= 15 is 0 Å². The minimum absolute atomic E-state index is 0.353. The third-order valence-electron chi connectivity index (χ3n) is 4.99. The van der Waals surface area contributed by atoms with Crippen molar-refractivity contribution in [1.29, 1.82) is 0 Å². The Hall–Kier alpha value is -1.45. The fraction of sp³-hybridized carbons (Fsp3) is 0.524. The number of benzene rings is 1. The number of allylic oxidation sites excluding steroid dienone is 2. The fourth-order valence-corrected chi connectivity index (χ4v) is 3.70. The Morgan fingerprint density at radius 1 is 1.24 bits per heavy atom. The largest absolute Gasteiger partial charge is 0.401 e. The summed E-state index contributed by atoms with van der Waals surface area (Å²) in [5, 5.41) is 0.699. The lowest BCUT2D eigenvalue weighted by molar-refractivity contribution is 0.106. The van der Waals surface area contributed by atoms with Gasteiger partial charge in [-0.3, -0.25) is 4.90 Å². The van der Waals surface area contributed by atoms with Crippen LogP contribution in [-0.4, -0.2) is 24.5 Å². The van der Waals surface area contributed by atoms with Crippen LogP contribution >= 0.6 is 11.6 Å². The van der Waals surface area contributed by atoms with Crippen molar-refractivity contribution in [3.8, 4) is 0 Å². The normalized spacial score (nSPS) is 20.8. The second kappa shape index (κ2) is 8.29. The maximum absolute atomic E-state index is 6.24. The molecule has 0 aromatic heterocycles. The molecule has 1 aromatic rings. The summed E-state index contributed by atoms with van der Waals surface area (Å²) in [5.41, 5.74) is 16.3. The molecule has 1 fully saturated rings. The highest BCUT2D eigenvalue weighted by molar-refractivity contribution is 6.30. The van der Waals surface area contributed by atoms with E-state index in [0.29, 0.717) is 16.1 Å². The minimum Gasteiger partial charge on any atom is -0.401 e. The molecule has 3 nitrogen and oxygen atoms in total. The number of hydrogen-bond donors (Lipinski definition) is 2. The zero-order valence-corrected chi connectivity index (χ0v) is 16.7. The third-order valence-corrected chi connectivity index (χ3v) is 5.21. The third kappa shape index (κ3) is 6.09. The molecule has 4 N–H and O–H groups in total. The van der Waals surface area contributed by atoms with Gasteiger partial charge in [0.2, 0.25) is 0 Å². The van der Waals surface area contributed by atoms with Crippen molar-refractivity contribution in [2.24, 2.45) is 22.8 Å². The summed E-state index contributed by atoms with van der Waals surface area (Å²) in [6.07, 6.45) is 6.36. The molecule has 1 aromatic carbocycles. The molecule has 4 heteroatoms. The highest BCUT2D eigenvalue weighted by Crippen LogP contribution is 2.33. The van der Waals surface area contributed by atoms with Gasteiger partial charge in [-0.15, -0.1) is 0 Å². The van der Waals surface area contributed by atoms with E-state index in [2.05, 4.69) is 25.7 Å². The zero-order valence-electron chi connectivity index (χ0n) is 16.0. The standard InChI is InChI=1S/C21H32ClN3/c1-15-10-16(12-18(22)11-15)20(24)8-7-19(23)14-25-9-5-6-17(13-25)21(2,3)4/h7-8,10-12,17H,5-6,9,13-14,23-24H2,1-4H3/b19-7-,20-8-. The Morgan fingerprint density at radius 2 is 1.96 bits per heavy atom. The number of rotatable bonds is 4. The Morgan fingerprint density at radius 3 is 2.60 bits per heavy atom. The first-order chi connectivity index (χ1) is 11.6. The Labute approximate surface area is 157 Å². The lowest BCUT2D eigenvalue weighted by Gasteiger charge is -2.39. The SMILES string of the molecule is Cc1cc(Cl)cc(/C(N)=C/C=C(\N)CN2CCCC(C(C)(C)C)C2)c1. The smallest absolute Gasteiger partial charge is 0.0415 e. The molecule has 0 amide bonds. The van der Waals surface area contributed by atoms with Crippen molar-refractivity contribution in [1.82, 2.24) is 4.90 Å². The molecule has 138 valence electrons. The molecule has 1 saturated heterocycles. The van der Waals surface area contributed by atoms with Crippen molar-refractivity contribution in [2.45, 2.75) is 40.5 Å². The number of hydrogen-bond acceptors (Lipinski definition) is 3. The summed E-state index contributed by atoms with van der Waals surface area (Å²) in [7, 11) is 0. The maximum Gasteiger partial charge on any atom is 0.0415 e. The number of likely N-dealkylation sites (tertiary alicyclic amines) is 1. The summed E-state index contributed by atoms with van der Waals surface area (Å²) in [4.78, 5) is 2.46. The molecule has 2 rings (SSSR count). The van der Waals surface area contributed by atoms with Crippen molar-refractivity contribution >= 4 is 17.3 Å². The first-order valence-corrected chi connectivity index (χ1v) is 9.44. The number of halogens is 1. The van der Waals surface area contributed by atoms with Crippen LogP contribution in [0.25, 0.3) is 5.70 Å². The predicted molar refractivity (Wildman–Crippen MR) is 109 cm³/mol. The van der Waals surface area contributed by atoms with Crippen LogP contribution in [0.1, 0.15) is 44.7 Å². The lowest BCUT2D eigenvalue weighted by atomic mass is 9.76. The predicted octanol–water partition coefficient (Wildman–Crippen LogP) is 4.55. The first-order valence-electron chi connectivity index (χ1n) is 9.07. The Balaban J connectivity index is 2.01. The van der Waals surface area contributed by atoms with E-state index in [9.17, 15) is 0 Å². The van der Waals surface area contributed by atoms with Gasteiger partial charge in [0, 0.05) is 29.5 Å². The number of aryl methyl sites for hydroxylation is 1. The number of piperidine rings is 1. The topological polar surface area (TPSA) is 55.3 Å². The molecular weight excluding hydrogens is 330 g/mol. The molecule has 1 heterocycles. The lowest BCUT2D eigenvalue weighted by Crippen LogP contribution is -2.42. The van der Waals surface area contributed by atoms with Gasteiger partial charge in [0.25, 0.3) is 0 Å². The van der Waals surface area contributed by atoms with E-state index in [0.717, 1.165) is 42.4 Å². The van der Waals surface area contributed by atoms with Crippen LogP contribution in [0.4, 0.5) is 0 Å². The quantitative estimate of drug-likeness (QED) is 0.773. The molecule has 0 saturated carbocycles. The van der Waals surface area contributed by atoms with E-state index in [4.69, 9.17) is 23.1 Å². The maximum atomic E-state index is 6.24. The molecule has 0 bridgehead atoms. The molecular formula is C21H32ClN3. The number of nitrogens with two attached hydrogens (primary N) is 2. The van der Waals surface area contributed by atoms with Gasteiger partial charge in [-0.05, 0) is 79.1 Å². The van der Waals surface area contributed by atoms with Crippen LogP contribution < -0.4 is 11.5 Å². The van der Waals surface area contributed by atoms with Crippen molar-refractivity contribution in [3.63, 3.8) is 0 Å². The second-order valence-electron chi connectivity index (χ2n) is 8.32. The van der Waals surface area contributed by atoms with Crippen LogP contribution in [0.15, 0.2) is 36.0 Å². The first kappa shape index (κ1) is 19.9. The van der Waals surface area contributed by atoms with Crippen molar-refractivity contribution in [3.05, 3.63) is 52.2 Å². The van der Waals surface area contributed by atoms with E-state index in [1.165, 1.54) is 12.8 Å². The monoisotopic (exact) mass is 361 g/mol.